The van der Waals surface area contributed by atoms with E-state index in [1.807, 2.05) is 30.3 Å². The highest BCUT2D eigenvalue weighted by molar-refractivity contribution is 5.17. The number of likely N-dealkylation sites (tertiary alicyclic amines) is 1. The Morgan fingerprint density at radius 1 is 1.39 bits per heavy atom. The third-order valence-corrected chi connectivity index (χ3v) is 4.12. The van der Waals surface area contributed by atoms with Gasteiger partial charge in [-0.2, -0.15) is 0 Å². The van der Waals surface area contributed by atoms with Gasteiger partial charge in [-0.1, -0.05) is 37.3 Å². The summed E-state index contributed by atoms with van der Waals surface area (Å²) in [5.41, 5.74) is 6.81. The molecule has 1 aliphatic rings. The van der Waals surface area contributed by atoms with E-state index in [0.717, 1.165) is 25.2 Å². The Hall–Kier alpha value is -0.900. The second-order valence-corrected chi connectivity index (χ2v) is 5.45. The van der Waals surface area contributed by atoms with Crippen molar-refractivity contribution in [3.05, 3.63) is 35.9 Å². The number of piperidine rings is 1. The number of nitrogens with two attached hydrogens (primary N) is 1. The maximum absolute atomic E-state index is 10.2. The van der Waals surface area contributed by atoms with Crippen LogP contribution in [0.1, 0.15) is 25.0 Å². The van der Waals surface area contributed by atoms with Gasteiger partial charge in [-0.25, -0.2) is 0 Å². The molecule has 1 aliphatic heterocycles. The van der Waals surface area contributed by atoms with Gasteiger partial charge in [0.25, 0.3) is 0 Å². The van der Waals surface area contributed by atoms with E-state index in [-0.39, 0.29) is 0 Å². The summed E-state index contributed by atoms with van der Waals surface area (Å²) in [6, 6.07) is 9.89. The lowest BCUT2D eigenvalue weighted by Crippen LogP contribution is -2.44. The maximum atomic E-state index is 10.2. The van der Waals surface area contributed by atoms with Gasteiger partial charge >= 0.3 is 0 Å². The first-order valence-corrected chi connectivity index (χ1v) is 6.86. The molecule has 1 aromatic rings. The third-order valence-electron chi connectivity index (χ3n) is 4.12. The summed E-state index contributed by atoms with van der Waals surface area (Å²) in [4.78, 5) is 2.34. The van der Waals surface area contributed by atoms with E-state index in [4.69, 9.17) is 5.73 Å². The Kier molecular flexibility index (Phi) is 4.75. The highest BCUT2D eigenvalue weighted by atomic mass is 16.3. The smallest absolute Gasteiger partial charge is 0.0916 e. The molecule has 1 saturated heterocycles. The van der Waals surface area contributed by atoms with Crippen LogP contribution in [0.4, 0.5) is 0 Å². The molecule has 0 aromatic heterocycles. The van der Waals surface area contributed by atoms with Gasteiger partial charge in [0.05, 0.1) is 6.10 Å². The molecule has 0 radical (unpaired) electrons. The molecule has 3 atom stereocenters. The van der Waals surface area contributed by atoms with Gasteiger partial charge in [0.1, 0.15) is 0 Å². The van der Waals surface area contributed by atoms with Gasteiger partial charge in [0, 0.05) is 13.1 Å². The molecule has 0 amide bonds. The molecule has 100 valence electrons. The molecule has 1 fully saturated rings. The summed E-state index contributed by atoms with van der Waals surface area (Å²) in [7, 11) is 0. The van der Waals surface area contributed by atoms with Crippen LogP contribution >= 0.6 is 0 Å². The van der Waals surface area contributed by atoms with Gasteiger partial charge in [0.2, 0.25) is 0 Å². The number of benzene rings is 1. The number of hydrogen-bond donors (Lipinski definition) is 2. The van der Waals surface area contributed by atoms with Crippen LogP contribution in [0.5, 0.6) is 0 Å². The summed E-state index contributed by atoms with van der Waals surface area (Å²) in [6.45, 7) is 5.83. The fraction of sp³-hybridized carbons (Fsp3) is 0.600. The van der Waals surface area contributed by atoms with Crippen LogP contribution in [0.2, 0.25) is 0 Å². The molecule has 1 aromatic carbocycles. The number of β-amino-alcohol motifs (C(OH)–C–C–N with tert-alkyl or cyclic N) is 1. The number of rotatable bonds is 4. The van der Waals surface area contributed by atoms with E-state index < -0.39 is 6.10 Å². The van der Waals surface area contributed by atoms with Crippen LogP contribution < -0.4 is 5.73 Å². The number of aliphatic hydroxyl groups excluding tert-OH is 1. The minimum Gasteiger partial charge on any atom is -0.387 e. The van der Waals surface area contributed by atoms with Crippen molar-refractivity contribution in [1.82, 2.24) is 4.90 Å². The second-order valence-electron chi connectivity index (χ2n) is 5.45. The average Bonchev–Trinajstić information content (AvgIpc) is 2.42. The molecule has 3 nitrogen and oxygen atoms in total. The fourth-order valence-corrected chi connectivity index (χ4v) is 2.72. The molecule has 18 heavy (non-hydrogen) atoms. The van der Waals surface area contributed by atoms with E-state index in [9.17, 15) is 5.11 Å². The van der Waals surface area contributed by atoms with Crippen molar-refractivity contribution < 1.29 is 5.11 Å². The zero-order chi connectivity index (χ0) is 13.0. The number of aliphatic hydroxyl groups is 1. The Bertz CT molecular complexity index is 355. The van der Waals surface area contributed by atoms with Crippen LogP contribution in [0.15, 0.2) is 30.3 Å². The summed E-state index contributed by atoms with van der Waals surface area (Å²) in [6.07, 6.45) is 0.793. The van der Waals surface area contributed by atoms with Crippen molar-refractivity contribution in [1.29, 1.82) is 0 Å². The zero-order valence-electron chi connectivity index (χ0n) is 11.1. The van der Waals surface area contributed by atoms with Gasteiger partial charge in [-0.15, -0.1) is 0 Å². The highest BCUT2D eigenvalue weighted by Crippen LogP contribution is 2.24. The van der Waals surface area contributed by atoms with Crippen LogP contribution in [0, 0.1) is 11.8 Å². The van der Waals surface area contributed by atoms with Crippen LogP contribution in [0.3, 0.4) is 0 Å². The van der Waals surface area contributed by atoms with Gasteiger partial charge in [-0.3, -0.25) is 0 Å². The zero-order valence-corrected chi connectivity index (χ0v) is 11.1. The first-order chi connectivity index (χ1) is 8.70. The van der Waals surface area contributed by atoms with E-state index >= 15 is 0 Å². The Labute approximate surface area is 110 Å². The van der Waals surface area contributed by atoms with Gasteiger partial charge in [-0.05, 0) is 36.9 Å². The highest BCUT2D eigenvalue weighted by Gasteiger charge is 2.26. The Balaban J connectivity index is 1.90. The molecule has 0 bridgehead atoms. The maximum Gasteiger partial charge on any atom is 0.0916 e. The molecule has 3 unspecified atom stereocenters. The van der Waals surface area contributed by atoms with Crippen molar-refractivity contribution in [2.45, 2.75) is 19.4 Å². The third kappa shape index (κ3) is 3.31. The molecule has 1 heterocycles. The topological polar surface area (TPSA) is 49.5 Å². The minimum atomic E-state index is -0.391. The first kappa shape index (κ1) is 13.5. The van der Waals surface area contributed by atoms with Crippen molar-refractivity contribution in [2.24, 2.45) is 17.6 Å². The van der Waals surface area contributed by atoms with Crippen molar-refractivity contribution >= 4 is 0 Å². The molecule has 3 heteroatoms. The normalized spacial score (nSPS) is 27.1. The van der Waals surface area contributed by atoms with Gasteiger partial charge < -0.3 is 15.7 Å². The van der Waals surface area contributed by atoms with E-state index in [1.54, 1.807) is 0 Å². The van der Waals surface area contributed by atoms with E-state index in [1.165, 1.54) is 6.42 Å². The minimum absolute atomic E-state index is 0.391. The molecule has 2 rings (SSSR count). The van der Waals surface area contributed by atoms with E-state index in [0.29, 0.717) is 18.4 Å². The predicted molar refractivity (Wildman–Crippen MR) is 74.2 cm³/mol. The lowest BCUT2D eigenvalue weighted by molar-refractivity contribution is 0.0679. The summed E-state index contributed by atoms with van der Waals surface area (Å²) in [5, 5.41) is 10.2. The van der Waals surface area contributed by atoms with Crippen LogP contribution in [0.25, 0.3) is 0 Å². The average molecular weight is 248 g/mol. The molecular formula is C15H24N2O. The summed E-state index contributed by atoms with van der Waals surface area (Å²) < 4.78 is 0. The molecule has 3 N–H and O–H groups in total. The van der Waals surface area contributed by atoms with Crippen molar-refractivity contribution in [2.75, 3.05) is 26.2 Å². The predicted octanol–water partition coefficient (Wildman–Crippen LogP) is 1.64. The van der Waals surface area contributed by atoms with Crippen molar-refractivity contribution in [3.63, 3.8) is 0 Å². The summed E-state index contributed by atoms with van der Waals surface area (Å²) >= 11 is 0. The molecule has 0 aliphatic carbocycles. The fourth-order valence-electron chi connectivity index (χ4n) is 2.72. The Morgan fingerprint density at radius 2 is 2.11 bits per heavy atom. The molecule has 0 saturated carbocycles. The quantitative estimate of drug-likeness (QED) is 0.851. The monoisotopic (exact) mass is 248 g/mol. The largest absolute Gasteiger partial charge is 0.387 e. The Morgan fingerprint density at radius 3 is 2.78 bits per heavy atom. The van der Waals surface area contributed by atoms with Crippen LogP contribution in [-0.4, -0.2) is 36.2 Å². The standard InChI is InChI=1S/C15H24N2O/c1-12-7-8-17(10-14(12)9-16)11-15(18)13-5-3-2-4-6-13/h2-6,12,14-15,18H,7-11,16H2,1H3. The molecule has 0 spiro atoms. The second kappa shape index (κ2) is 6.32. The summed E-state index contributed by atoms with van der Waals surface area (Å²) in [5.74, 6) is 1.28. The number of hydrogen-bond acceptors (Lipinski definition) is 3. The lowest BCUT2D eigenvalue weighted by atomic mass is 9.87. The van der Waals surface area contributed by atoms with Crippen molar-refractivity contribution in [3.8, 4) is 0 Å². The van der Waals surface area contributed by atoms with E-state index in [2.05, 4.69) is 11.8 Å². The number of nitrogens with zero attached hydrogens (tertiary/aromatic N) is 1. The lowest BCUT2D eigenvalue weighted by Gasteiger charge is -2.37. The molecular weight excluding hydrogens is 224 g/mol. The van der Waals surface area contributed by atoms with Gasteiger partial charge in [0.15, 0.2) is 0 Å². The van der Waals surface area contributed by atoms with Crippen LogP contribution in [-0.2, 0) is 0 Å². The SMILES string of the molecule is CC1CCN(CC(O)c2ccccc2)CC1CN. The first-order valence-electron chi connectivity index (χ1n) is 6.86.